The van der Waals surface area contributed by atoms with E-state index in [9.17, 15) is 19.8 Å². The summed E-state index contributed by atoms with van der Waals surface area (Å²) >= 11 is 1.36. The second-order valence-corrected chi connectivity index (χ2v) is 11.5. The normalized spacial score (nSPS) is 20.0. The zero-order valence-electron chi connectivity index (χ0n) is 24.0. The summed E-state index contributed by atoms with van der Waals surface area (Å²) < 4.78 is 13.1. The first kappa shape index (κ1) is 30.4. The Balaban J connectivity index is 1.38. The van der Waals surface area contributed by atoms with Crippen LogP contribution in [0.15, 0.2) is 96.2 Å². The first-order valence-electron chi connectivity index (χ1n) is 14.1. The number of aromatic carboxylic acids is 1. The summed E-state index contributed by atoms with van der Waals surface area (Å²) in [6.07, 6.45) is 0.395. The standard InChI is InChI=1S/C34H34N2O6S/c1-21-30(20-43-32-29(33(39)40)7-4-16-35-32)41-34(42-31(21)26-10-8-23(19-37)9-11-26)27-14-12-25(13-15-27)28-6-3-5-24(17-28)18-36-22(2)38/h3-17,21,30-31,34,37H,18-20H2,1-2H3,(H,36,38)(H,39,40). The van der Waals surface area contributed by atoms with Gasteiger partial charge in [-0.1, -0.05) is 73.7 Å². The molecule has 8 nitrogen and oxygen atoms in total. The maximum absolute atomic E-state index is 11.7. The van der Waals surface area contributed by atoms with Crippen LogP contribution in [-0.4, -0.2) is 38.9 Å². The van der Waals surface area contributed by atoms with Crippen LogP contribution in [0.25, 0.3) is 11.1 Å². The minimum absolute atomic E-state index is 0.0369. The number of hydrogen-bond donors (Lipinski definition) is 3. The average Bonchev–Trinajstić information content (AvgIpc) is 3.03. The van der Waals surface area contributed by atoms with E-state index in [1.165, 1.54) is 18.7 Å². The largest absolute Gasteiger partial charge is 0.478 e. The van der Waals surface area contributed by atoms with E-state index in [0.29, 0.717) is 17.3 Å². The fourth-order valence-electron chi connectivity index (χ4n) is 5.06. The molecule has 222 valence electrons. The lowest BCUT2D eigenvalue weighted by Gasteiger charge is -2.41. The summed E-state index contributed by atoms with van der Waals surface area (Å²) in [5.74, 6) is -0.649. The molecule has 9 heteroatoms. The quantitative estimate of drug-likeness (QED) is 0.186. The number of pyridine rings is 1. The minimum Gasteiger partial charge on any atom is -0.478 e. The number of hydrogen-bond acceptors (Lipinski definition) is 7. The van der Waals surface area contributed by atoms with Crippen molar-refractivity contribution in [2.45, 2.75) is 50.5 Å². The highest BCUT2D eigenvalue weighted by Gasteiger charge is 2.38. The van der Waals surface area contributed by atoms with Crippen molar-refractivity contribution in [3.63, 3.8) is 0 Å². The predicted molar refractivity (Wildman–Crippen MR) is 164 cm³/mol. The van der Waals surface area contributed by atoms with Crippen molar-refractivity contribution in [1.82, 2.24) is 10.3 Å². The number of aromatic nitrogens is 1. The predicted octanol–water partition coefficient (Wildman–Crippen LogP) is 6.16. The number of thioether (sulfide) groups is 1. The molecule has 1 saturated heterocycles. The van der Waals surface area contributed by atoms with Crippen molar-refractivity contribution in [3.05, 3.63) is 119 Å². The van der Waals surface area contributed by atoms with Crippen LogP contribution in [-0.2, 0) is 27.4 Å². The third-order valence-corrected chi connectivity index (χ3v) is 8.59. The Bertz CT molecular complexity index is 1560. The molecule has 1 amide bonds. The number of carboxylic acids is 1. The monoisotopic (exact) mass is 598 g/mol. The van der Waals surface area contributed by atoms with Crippen LogP contribution < -0.4 is 5.32 Å². The van der Waals surface area contributed by atoms with Crippen LogP contribution in [0.4, 0.5) is 0 Å². The van der Waals surface area contributed by atoms with Gasteiger partial charge in [0.15, 0.2) is 6.29 Å². The number of ether oxygens (including phenoxy) is 2. The first-order chi connectivity index (χ1) is 20.8. The Hall–Kier alpha value is -4.02. The molecule has 0 radical (unpaired) electrons. The summed E-state index contributed by atoms with van der Waals surface area (Å²) in [7, 11) is 0. The van der Waals surface area contributed by atoms with Crippen LogP contribution in [0, 0.1) is 5.92 Å². The highest BCUT2D eigenvalue weighted by molar-refractivity contribution is 7.99. The van der Waals surface area contributed by atoms with E-state index < -0.39 is 12.3 Å². The Morgan fingerprint density at radius 2 is 1.65 bits per heavy atom. The van der Waals surface area contributed by atoms with E-state index >= 15 is 0 Å². The van der Waals surface area contributed by atoms with Crippen molar-refractivity contribution in [2.75, 3.05) is 5.75 Å². The lowest BCUT2D eigenvalue weighted by molar-refractivity contribution is -0.268. The number of carbonyl (C=O) groups is 2. The van der Waals surface area contributed by atoms with Gasteiger partial charge in [0.05, 0.1) is 24.4 Å². The van der Waals surface area contributed by atoms with Crippen molar-refractivity contribution in [3.8, 4) is 11.1 Å². The molecular weight excluding hydrogens is 564 g/mol. The number of nitrogens with zero attached hydrogens (tertiary/aromatic N) is 1. The molecule has 1 aliphatic heterocycles. The number of nitrogens with one attached hydrogen (secondary N) is 1. The van der Waals surface area contributed by atoms with Gasteiger partial charge >= 0.3 is 5.97 Å². The third kappa shape index (κ3) is 7.50. The number of amides is 1. The fourth-order valence-corrected chi connectivity index (χ4v) is 6.21. The van der Waals surface area contributed by atoms with E-state index in [1.807, 2.05) is 66.7 Å². The number of carboxylic acid groups (broad SMARTS) is 1. The highest BCUT2D eigenvalue weighted by Crippen LogP contribution is 2.43. The lowest BCUT2D eigenvalue weighted by Crippen LogP contribution is -2.38. The van der Waals surface area contributed by atoms with Crippen LogP contribution in [0.3, 0.4) is 0 Å². The Kier molecular flexibility index (Phi) is 9.89. The van der Waals surface area contributed by atoms with Gasteiger partial charge in [-0.2, -0.15) is 0 Å². The summed E-state index contributed by atoms with van der Waals surface area (Å²) in [4.78, 5) is 27.4. The molecule has 4 atom stereocenters. The molecule has 5 rings (SSSR count). The smallest absolute Gasteiger partial charge is 0.338 e. The molecule has 3 aromatic carbocycles. The van der Waals surface area contributed by atoms with Crippen molar-refractivity contribution < 1.29 is 29.3 Å². The van der Waals surface area contributed by atoms with Crippen LogP contribution in [0.2, 0.25) is 0 Å². The number of aliphatic hydroxyl groups excluding tert-OH is 1. The molecule has 0 spiro atoms. The van der Waals surface area contributed by atoms with Gasteiger partial charge in [0.2, 0.25) is 5.91 Å². The SMILES string of the molecule is CC(=O)NCc1cccc(-c2ccc(C3OC(CSc4ncccc4C(=O)O)C(C)C(c4ccc(CO)cc4)O3)cc2)c1. The molecule has 0 saturated carbocycles. The van der Waals surface area contributed by atoms with E-state index in [2.05, 4.69) is 23.3 Å². The summed E-state index contributed by atoms with van der Waals surface area (Å²) in [6, 6.07) is 27.0. The maximum Gasteiger partial charge on any atom is 0.338 e. The van der Waals surface area contributed by atoms with E-state index in [0.717, 1.165) is 33.4 Å². The molecule has 0 aliphatic carbocycles. The van der Waals surface area contributed by atoms with Gasteiger partial charge in [-0.25, -0.2) is 9.78 Å². The van der Waals surface area contributed by atoms with E-state index in [-0.39, 0.29) is 36.2 Å². The van der Waals surface area contributed by atoms with Crippen molar-refractivity contribution in [1.29, 1.82) is 0 Å². The molecule has 4 aromatic rings. The molecule has 1 fully saturated rings. The molecule has 3 N–H and O–H groups in total. The van der Waals surface area contributed by atoms with Gasteiger partial charge in [0.25, 0.3) is 0 Å². The van der Waals surface area contributed by atoms with Crippen molar-refractivity contribution >= 4 is 23.6 Å². The summed E-state index contributed by atoms with van der Waals surface area (Å²) in [6.45, 7) is 4.00. The Morgan fingerprint density at radius 3 is 2.35 bits per heavy atom. The van der Waals surface area contributed by atoms with Gasteiger partial charge in [-0.3, -0.25) is 4.79 Å². The number of rotatable bonds is 10. The van der Waals surface area contributed by atoms with Crippen LogP contribution in [0.5, 0.6) is 0 Å². The molecule has 1 aromatic heterocycles. The second kappa shape index (κ2) is 14.0. The van der Waals surface area contributed by atoms with Gasteiger partial charge in [-0.15, -0.1) is 11.8 Å². The molecule has 1 aliphatic rings. The molecule has 4 unspecified atom stereocenters. The second-order valence-electron chi connectivity index (χ2n) is 10.5. The Morgan fingerprint density at radius 1 is 0.907 bits per heavy atom. The zero-order valence-corrected chi connectivity index (χ0v) is 24.8. The van der Waals surface area contributed by atoms with E-state index in [4.69, 9.17) is 9.47 Å². The summed E-state index contributed by atoms with van der Waals surface area (Å²) in [5, 5.41) is 22.4. The molecule has 2 heterocycles. The number of aliphatic hydroxyl groups is 1. The maximum atomic E-state index is 11.7. The Labute approximate surface area is 255 Å². The highest BCUT2D eigenvalue weighted by atomic mass is 32.2. The fraction of sp³-hybridized carbons (Fsp3) is 0.265. The zero-order chi connectivity index (χ0) is 30.3. The van der Waals surface area contributed by atoms with Crippen LogP contribution >= 0.6 is 11.8 Å². The first-order valence-corrected chi connectivity index (χ1v) is 15.1. The summed E-state index contributed by atoms with van der Waals surface area (Å²) in [5.41, 5.74) is 5.90. The number of carbonyl (C=O) groups excluding carboxylic acids is 1. The molecular formula is C34H34N2O6S. The van der Waals surface area contributed by atoms with Gasteiger partial charge in [-0.05, 0) is 46.0 Å². The van der Waals surface area contributed by atoms with Gasteiger partial charge < -0.3 is 25.0 Å². The third-order valence-electron chi connectivity index (χ3n) is 7.49. The molecule has 0 bridgehead atoms. The van der Waals surface area contributed by atoms with Crippen molar-refractivity contribution in [2.24, 2.45) is 5.92 Å². The van der Waals surface area contributed by atoms with Gasteiger partial charge in [0, 0.05) is 36.9 Å². The van der Waals surface area contributed by atoms with Crippen LogP contribution in [0.1, 0.15) is 58.9 Å². The molecule has 43 heavy (non-hydrogen) atoms. The number of benzene rings is 3. The average molecular weight is 599 g/mol. The van der Waals surface area contributed by atoms with Gasteiger partial charge in [0.1, 0.15) is 5.03 Å². The topological polar surface area (TPSA) is 118 Å². The lowest BCUT2D eigenvalue weighted by atomic mass is 9.91. The minimum atomic E-state index is -1.02. The van der Waals surface area contributed by atoms with E-state index in [1.54, 1.807) is 18.3 Å².